The van der Waals surface area contributed by atoms with Crippen LogP contribution in [0.15, 0.2) is 24.4 Å². The van der Waals surface area contributed by atoms with Crippen LogP contribution in [0.4, 0.5) is 11.5 Å². The van der Waals surface area contributed by atoms with Crippen LogP contribution in [0.2, 0.25) is 0 Å². The number of benzene rings is 1. The number of nitrogens with zero attached hydrogens (tertiary/aromatic N) is 2. The van der Waals surface area contributed by atoms with Gasteiger partial charge in [0.25, 0.3) is 0 Å². The van der Waals surface area contributed by atoms with Crippen LogP contribution in [0.1, 0.15) is 10.6 Å². The van der Waals surface area contributed by atoms with Gasteiger partial charge in [-0.15, -0.1) is 0 Å². The molecule has 1 aliphatic rings. The molecule has 0 spiro atoms. The van der Waals surface area contributed by atoms with E-state index < -0.39 is 0 Å². The van der Waals surface area contributed by atoms with Crippen molar-refractivity contribution in [3.05, 3.63) is 30.2 Å². The number of rotatable bonds is 4. The first-order valence-corrected chi connectivity index (χ1v) is 6.05. The van der Waals surface area contributed by atoms with E-state index in [-0.39, 0.29) is 5.82 Å². The Morgan fingerprint density at radius 1 is 1.40 bits per heavy atom. The first-order chi connectivity index (χ1) is 9.81. The summed E-state index contributed by atoms with van der Waals surface area (Å²) in [6.07, 6.45) is 2.03. The minimum atomic E-state index is 0.0867. The number of carbonyl (C=O) groups excluding carboxylic acids is 1. The minimum absolute atomic E-state index is 0.0867. The third-order valence-electron chi connectivity index (χ3n) is 2.71. The molecule has 3 N–H and O–H groups in total. The summed E-state index contributed by atoms with van der Waals surface area (Å²) in [6, 6.07) is 5.42. The Morgan fingerprint density at radius 2 is 2.30 bits per heavy atom. The molecule has 1 aliphatic heterocycles. The maximum absolute atomic E-state index is 10.7. The zero-order chi connectivity index (χ0) is 13.9. The molecule has 1 aromatic carbocycles. The maximum Gasteiger partial charge on any atom is 0.194 e. The number of nitrogens with two attached hydrogens (primary N) is 1. The Morgan fingerprint density at radius 3 is 3.10 bits per heavy atom. The van der Waals surface area contributed by atoms with Crippen LogP contribution in [0.25, 0.3) is 0 Å². The van der Waals surface area contributed by atoms with Crippen LogP contribution >= 0.6 is 0 Å². The Hall–Kier alpha value is -2.67. The number of ether oxygens (including phenoxy) is 2. The van der Waals surface area contributed by atoms with Crippen LogP contribution in [-0.2, 0) is 0 Å². The lowest BCUT2D eigenvalue weighted by molar-refractivity contribution is 0.111. The molecule has 2 heterocycles. The largest absolute Gasteiger partial charge is 0.490 e. The molecule has 0 saturated carbocycles. The van der Waals surface area contributed by atoms with Crippen LogP contribution in [0, 0.1) is 0 Å². The summed E-state index contributed by atoms with van der Waals surface area (Å²) in [5.41, 5.74) is 6.09. The zero-order valence-corrected chi connectivity index (χ0v) is 10.5. The summed E-state index contributed by atoms with van der Waals surface area (Å²) in [5.74, 6) is 2.19. The fourth-order valence-corrected chi connectivity index (χ4v) is 1.85. The average molecular weight is 272 g/mol. The van der Waals surface area contributed by atoms with Crippen molar-refractivity contribution in [1.82, 2.24) is 9.97 Å². The lowest BCUT2D eigenvalue weighted by atomic mass is 10.2. The Kier molecular flexibility index (Phi) is 3.18. The van der Waals surface area contributed by atoms with Gasteiger partial charge in [-0.3, -0.25) is 4.79 Å². The van der Waals surface area contributed by atoms with Crippen molar-refractivity contribution in [2.75, 3.05) is 18.5 Å². The number of para-hydroxylation sites is 1. The summed E-state index contributed by atoms with van der Waals surface area (Å²) in [4.78, 5) is 18.6. The molecule has 102 valence electrons. The third-order valence-corrected chi connectivity index (χ3v) is 2.71. The van der Waals surface area contributed by atoms with E-state index in [1.807, 2.05) is 6.07 Å². The molecular formula is C13H12N4O3. The van der Waals surface area contributed by atoms with Crippen molar-refractivity contribution in [3.8, 4) is 17.2 Å². The quantitative estimate of drug-likeness (QED) is 0.694. The van der Waals surface area contributed by atoms with Gasteiger partial charge in [-0.2, -0.15) is 0 Å². The molecule has 0 fully saturated rings. The molecule has 0 unspecified atom stereocenters. The van der Waals surface area contributed by atoms with E-state index in [9.17, 15) is 4.79 Å². The average Bonchev–Trinajstić information content (AvgIpc) is 2.50. The highest BCUT2D eigenvalue weighted by molar-refractivity contribution is 5.79. The van der Waals surface area contributed by atoms with Gasteiger partial charge in [0.1, 0.15) is 18.0 Å². The van der Waals surface area contributed by atoms with Gasteiger partial charge in [0, 0.05) is 6.54 Å². The van der Waals surface area contributed by atoms with E-state index in [0.717, 1.165) is 0 Å². The number of anilines is 2. The number of hydrogen-bond acceptors (Lipinski definition) is 7. The summed E-state index contributed by atoms with van der Waals surface area (Å²) >= 11 is 0. The van der Waals surface area contributed by atoms with E-state index in [4.69, 9.17) is 15.2 Å². The van der Waals surface area contributed by atoms with E-state index in [2.05, 4.69) is 15.3 Å². The highest BCUT2D eigenvalue weighted by Gasteiger charge is 2.21. The molecule has 0 atom stereocenters. The number of nitrogens with one attached hydrogen (secondary N) is 1. The molecule has 0 amide bonds. The van der Waals surface area contributed by atoms with Gasteiger partial charge in [-0.1, -0.05) is 6.07 Å². The summed E-state index contributed by atoms with van der Waals surface area (Å²) < 4.78 is 11.2. The van der Waals surface area contributed by atoms with Gasteiger partial charge in [0.2, 0.25) is 0 Å². The van der Waals surface area contributed by atoms with Crippen molar-refractivity contribution in [1.29, 1.82) is 0 Å². The fourth-order valence-electron chi connectivity index (χ4n) is 1.85. The highest BCUT2D eigenvalue weighted by atomic mass is 16.5. The Labute approximate surface area is 114 Å². The summed E-state index contributed by atoms with van der Waals surface area (Å²) in [7, 11) is 0. The Balaban J connectivity index is 1.97. The van der Waals surface area contributed by atoms with Crippen molar-refractivity contribution >= 4 is 17.8 Å². The molecule has 1 aromatic heterocycles. The summed E-state index contributed by atoms with van der Waals surface area (Å²) in [5, 5.41) is 3.09. The lowest BCUT2D eigenvalue weighted by Crippen LogP contribution is -2.13. The van der Waals surface area contributed by atoms with Crippen molar-refractivity contribution in [3.63, 3.8) is 0 Å². The van der Waals surface area contributed by atoms with Crippen LogP contribution in [0.5, 0.6) is 17.2 Å². The van der Waals surface area contributed by atoms with Crippen LogP contribution in [-0.4, -0.2) is 29.4 Å². The molecule has 2 aromatic rings. The molecule has 0 aliphatic carbocycles. The van der Waals surface area contributed by atoms with Gasteiger partial charge in [-0.05, 0) is 12.1 Å². The standard InChI is InChI=1S/C13H12N4O3/c14-4-5-19-8-2-1-3-9-12(8)17-13-10(20-9)6-15-11(7-18)16-13/h1-3,6-7H,4-5,14H2,(H,15,16,17). The van der Waals surface area contributed by atoms with Crippen molar-refractivity contribution < 1.29 is 14.3 Å². The first-order valence-electron chi connectivity index (χ1n) is 6.05. The molecular weight excluding hydrogens is 260 g/mol. The minimum Gasteiger partial charge on any atom is -0.490 e. The molecule has 0 saturated heterocycles. The smallest absolute Gasteiger partial charge is 0.194 e. The predicted molar refractivity (Wildman–Crippen MR) is 71.8 cm³/mol. The topological polar surface area (TPSA) is 99.4 Å². The van der Waals surface area contributed by atoms with Gasteiger partial charge in [-0.25, -0.2) is 9.97 Å². The van der Waals surface area contributed by atoms with Gasteiger partial charge < -0.3 is 20.5 Å². The van der Waals surface area contributed by atoms with Crippen molar-refractivity contribution in [2.45, 2.75) is 0 Å². The highest BCUT2D eigenvalue weighted by Crippen LogP contribution is 2.45. The predicted octanol–water partition coefficient (Wildman–Crippen LogP) is 1.48. The van der Waals surface area contributed by atoms with Crippen molar-refractivity contribution in [2.24, 2.45) is 5.73 Å². The molecule has 20 heavy (non-hydrogen) atoms. The Bertz CT molecular complexity index is 660. The number of carbonyl (C=O) groups is 1. The SMILES string of the molecule is NCCOc1cccc2c1Nc1nc(C=O)ncc1O2. The van der Waals surface area contributed by atoms with E-state index in [1.54, 1.807) is 12.1 Å². The zero-order valence-electron chi connectivity index (χ0n) is 10.5. The maximum atomic E-state index is 10.7. The number of aldehydes is 1. The third kappa shape index (κ3) is 2.14. The molecule has 7 heteroatoms. The van der Waals surface area contributed by atoms with E-state index in [1.165, 1.54) is 6.20 Å². The molecule has 0 bridgehead atoms. The van der Waals surface area contributed by atoms with Gasteiger partial charge in [0.15, 0.2) is 29.4 Å². The van der Waals surface area contributed by atoms with E-state index >= 15 is 0 Å². The lowest BCUT2D eigenvalue weighted by Gasteiger charge is -2.22. The second-order valence-electron chi connectivity index (χ2n) is 4.05. The molecule has 0 radical (unpaired) electrons. The number of hydrogen-bond donors (Lipinski definition) is 2. The monoisotopic (exact) mass is 272 g/mol. The normalized spacial score (nSPS) is 11.7. The van der Waals surface area contributed by atoms with Crippen LogP contribution in [0.3, 0.4) is 0 Å². The number of fused-ring (bicyclic) bond motifs is 2. The van der Waals surface area contributed by atoms with Gasteiger partial charge in [0.05, 0.1) is 6.20 Å². The van der Waals surface area contributed by atoms with E-state index in [0.29, 0.717) is 48.2 Å². The van der Waals surface area contributed by atoms with Gasteiger partial charge >= 0.3 is 0 Å². The molecule has 7 nitrogen and oxygen atoms in total. The first kappa shape index (κ1) is 12.4. The summed E-state index contributed by atoms with van der Waals surface area (Å²) in [6.45, 7) is 0.812. The molecule has 3 rings (SSSR count). The second-order valence-corrected chi connectivity index (χ2v) is 4.05. The number of aromatic nitrogens is 2. The second kappa shape index (κ2) is 5.14. The fraction of sp³-hybridized carbons (Fsp3) is 0.154. The van der Waals surface area contributed by atoms with Crippen LogP contribution < -0.4 is 20.5 Å².